The lowest BCUT2D eigenvalue weighted by Gasteiger charge is -2.52. The first-order chi connectivity index (χ1) is 15.7. The Kier molecular flexibility index (Phi) is 7.46. The van der Waals surface area contributed by atoms with E-state index in [0.717, 1.165) is 32.4 Å². The van der Waals surface area contributed by atoms with Crippen molar-refractivity contribution >= 4 is 5.91 Å². The van der Waals surface area contributed by atoms with E-state index in [1.165, 1.54) is 5.56 Å². The average molecular weight is 460 g/mol. The molecule has 7 heteroatoms. The van der Waals surface area contributed by atoms with E-state index in [9.17, 15) is 15.0 Å². The van der Waals surface area contributed by atoms with Crippen molar-refractivity contribution in [3.63, 3.8) is 0 Å². The Morgan fingerprint density at radius 1 is 1.21 bits per heavy atom. The molecular weight excluding hydrogens is 418 g/mol. The summed E-state index contributed by atoms with van der Waals surface area (Å²) < 4.78 is 6.72. The number of hydrogen-bond donors (Lipinski definition) is 4. The third kappa shape index (κ3) is 5.13. The lowest BCUT2D eigenvalue weighted by atomic mass is 9.72. The van der Waals surface area contributed by atoms with Gasteiger partial charge in [-0.1, -0.05) is 30.3 Å². The molecule has 184 valence electrons. The maximum Gasteiger partial charge on any atom is 0.223 e. The van der Waals surface area contributed by atoms with Crippen LogP contribution in [-0.2, 0) is 9.53 Å². The van der Waals surface area contributed by atoms with Crippen LogP contribution in [0.25, 0.3) is 0 Å². The second kappa shape index (κ2) is 10.0. The normalized spacial score (nSPS) is 36.2. The molecule has 3 aliphatic heterocycles. The number of piperidine rings is 1. The van der Waals surface area contributed by atoms with Crippen molar-refractivity contribution in [2.45, 2.75) is 80.8 Å². The second-order valence-electron chi connectivity index (χ2n) is 10.8. The van der Waals surface area contributed by atoms with E-state index in [0.29, 0.717) is 19.3 Å². The summed E-state index contributed by atoms with van der Waals surface area (Å²) in [4.78, 5) is 14.8. The first-order valence-corrected chi connectivity index (χ1v) is 12.5. The molecule has 1 aromatic carbocycles. The number of rotatable bonds is 6. The van der Waals surface area contributed by atoms with Gasteiger partial charge in [0, 0.05) is 18.5 Å². The maximum absolute atomic E-state index is 12.7. The number of ether oxygens (including phenoxy) is 1. The van der Waals surface area contributed by atoms with Crippen LogP contribution in [0, 0.1) is 5.92 Å². The zero-order valence-electron chi connectivity index (χ0n) is 20.3. The Bertz CT molecular complexity index is 800. The Morgan fingerprint density at radius 3 is 2.58 bits per heavy atom. The third-order valence-electron chi connectivity index (χ3n) is 8.25. The van der Waals surface area contributed by atoms with Crippen LogP contribution < -0.4 is 10.6 Å². The van der Waals surface area contributed by atoms with Gasteiger partial charge in [-0.05, 0) is 84.1 Å². The number of aliphatic hydroxyl groups is 2. The summed E-state index contributed by atoms with van der Waals surface area (Å²) >= 11 is 0. The quantitative estimate of drug-likeness (QED) is 0.517. The fourth-order valence-corrected chi connectivity index (χ4v) is 6.30. The molecule has 4 N–H and O–H groups in total. The predicted octanol–water partition coefficient (Wildman–Crippen LogP) is 1.64. The number of aliphatic hydroxyl groups excluding tert-OH is 2. The lowest BCUT2D eigenvalue weighted by molar-refractivity contribution is -0.250. The molecule has 1 aromatic rings. The Balaban J connectivity index is 1.57. The molecule has 1 amide bonds. The van der Waals surface area contributed by atoms with Gasteiger partial charge in [-0.15, -0.1) is 0 Å². The van der Waals surface area contributed by atoms with Crippen molar-refractivity contribution in [1.82, 2.24) is 15.5 Å². The second-order valence-corrected chi connectivity index (χ2v) is 10.8. The lowest BCUT2D eigenvalue weighted by Crippen LogP contribution is -2.61. The van der Waals surface area contributed by atoms with Crippen LogP contribution in [0.2, 0.25) is 0 Å². The molecule has 33 heavy (non-hydrogen) atoms. The average Bonchev–Trinajstić information content (AvgIpc) is 2.90. The summed E-state index contributed by atoms with van der Waals surface area (Å²) in [6.07, 6.45) is 2.87. The summed E-state index contributed by atoms with van der Waals surface area (Å²) in [7, 11) is 3.98. The van der Waals surface area contributed by atoms with Gasteiger partial charge >= 0.3 is 0 Å². The van der Waals surface area contributed by atoms with E-state index in [1.807, 2.05) is 39.2 Å². The van der Waals surface area contributed by atoms with Gasteiger partial charge in [-0.2, -0.15) is 0 Å². The number of carbonyl (C=O) groups excluding carboxylic acids is 1. The van der Waals surface area contributed by atoms with Gasteiger partial charge in [0.05, 0.1) is 17.3 Å². The molecule has 6 atom stereocenters. The van der Waals surface area contributed by atoms with E-state index in [4.69, 9.17) is 4.74 Å². The molecule has 2 bridgehead atoms. The highest BCUT2D eigenvalue weighted by Gasteiger charge is 2.57. The number of hydrogen-bond acceptors (Lipinski definition) is 6. The van der Waals surface area contributed by atoms with Crippen molar-refractivity contribution < 1.29 is 19.7 Å². The Hall–Kier alpha value is -1.51. The van der Waals surface area contributed by atoms with Crippen molar-refractivity contribution in [2.24, 2.45) is 5.92 Å². The van der Waals surface area contributed by atoms with Crippen LogP contribution in [0.3, 0.4) is 0 Å². The highest BCUT2D eigenvalue weighted by molar-refractivity contribution is 5.78. The number of nitrogens with zero attached hydrogens (tertiary/aromatic N) is 1. The van der Waals surface area contributed by atoms with Crippen LogP contribution in [0.4, 0.5) is 0 Å². The van der Waals surface area contributed by atoms with Gasteiger partial charge in [0.2, 0.25) is 5.91 Å². The molecule has 0 aliphatic carbocycles. The number of carbonyl (C=O) groups is 1. The molecule has 0 radical (unpaired) electrons. The van der Waals surface area contributed by atoms with Gasteiger partial charge in [-0.3, -0.25) is 4.79 Å². The fourth-order valence-electron chi connectivity index (χ4n) is 6.30. The molecule has 0 spiro atoms. The van der Waals surface area contributed by atoms with Gasteiger partial charge in [-0.25, -0.2) is 0 Å². The van der Waals surface area contributed by atoms with E-state index in [2.05, 4.69) is 27.7 Å². The zero-order chi connectivity index (χ0) is 23.6. The Labute approximate surface area is 197 Å². The highest BCUT2D eigenvalue weighted by atomic mass is 16.6. The van der Waals surface area contributed by atoms with E-state index < -0.39 is 23.4 Å². The largest absolute Gasteiger partial charge is 0.388 e. The van der Waals surface area contributed by atoms with Gasteiger partial charge in [0.1, 0.15) is 6.10 Å². The summed E-state index contributed by atoms with van der Waals surface area (Å²) in [5, 5.41) is 29.2. The van der Waals surface area contributed by atoms with Gasteiger partial charge in [0.25, 0.3) is 0 Å². The summed E-state index contributed by atoms with van der Waals surface area (Å²) in [5.41, 5.74) is -0.400. The zero-order valence-corrected chi connectivity index (χ0v) is 20.3. The van der Waals surface area contributed by atoms with Crippen LogP contribution in [0.15, 0.2) is 30.3 Å². The molecule has 3 fully saturated rings. The maximum atomic E-state index is 12.7. The predicted molar refractivity (Wildman–Crippen MR) is 128 cm³/mol. The summed E-state index contributed by atoms with van der Waals surface area (Å²) in [6, 6.07) is 10.3. The molecule has 0 saturated carbocycles. The monoisotopic (exact) mass is 459 g/mol. The smallest absolute Gasteiger partial charge is 0.223 e. The van der Waals surface area contributed by atoms with Crippen LogP contribution >= 0.6 is 0 Å². The first-order valence-electron chi connectivity index (χ1n) is 12.5. The van der Waals surface area contributed by atoms with Gasteiger partial charge < -0.3 is 30.5 Å². The summed E-state index contributed by atoms with van der Waals surface area (Å²) in [5.74, 6) is 0.180. The molecule has 0 aromatic heterocycles. The minimum atomic E-state index is -0.845. The third-order valence-corrected chi connectivity index (χ3v) is 8.25. The number of amides is 1. The van der Waals surface area contributed by atoms with Gasteiger partial charge in [0.15, 0.2) is 0 Å². The van der Waals surface area contributed by atoms with E-state index in [-0.39, 0.29) is 30.3 Å². The molecule has 0 unspecified atom stereocenters. The van der Waals surface area contributed by atoms with Crippen molar-refractivity contribution in [2.75, 3.05) is 33.7 Å². The van der Waals surface area contributed by atoms with Crippen molar-refractivity contribution in [3.8, 4) is 0 Å². The molecule has 4 rings (SSSR count). The SMILES string of the molecule is CN(C)[C@@H]1CC[C@@]2([C@@H](O)CNC(=O)C3CCNCC3)C[C@H](c3ccccc3)C[C@](C)(O2)[C@H]1O. The van der Waals surface area contributed by atoms with Crippen molar-refractivity contribution in [3.05, 3.63) is 35.9 Å². The molecule has 3 heterocycles. The molecule has 3 saturated heterocycles. The Morgan fingerprint density at radius 2 is 1.91 bits per heavy atom. The molecule has 7 nitrogen and oxygen atoms in total. The van der Waals surface area contributed by atoms with Crippen LogP contribution in [0.5, 0.6) is 0 Å². The first kappa shape index (κ1) is 24.6. The number of benzene rings is 1. The topological polar surface area (TPSA) is 94.1 Å². The van der Waals surface area contributed by atoms with Crippen LogP contribution in [0.1, 0.15) is 56.9 Å². The van der Waals surface area contributed by atoms with E-state index >= 15 is 0 Å². The minimum Gasteiger partial charge on any atom is -0.388 e. The van der Waals surface area contributed by atoms with E-state index in [1.54, 1.807) is 0 Å². The summed E-state index contributed by atoms with van der Waals surface area (Å²) in [6.45, 7) is 3.87. The van der Waals surface area contributed by atoms with Crippen LogP contribution in [-0.4, -0.2) is 84.2 Å². The highest BCUT2D eigenvalue weighted by Crippen LogP contribution is 2.51. The number of likely N-dealkylation sites (N-methyl/N-ethyl adjacent to an activating group) is 1. The number of fused-ring (bicyclic) bond motifs is 2. The number of nitrogens with one attached hydrogen (secondary N) is 2. The minimum absolute atomic E-state index is 0.000338. The molecule has 3 aliphatic rings. The molecular formula is C26H41N3O4. The standard InChI is InChI=1S/C26H41N3O4/c1-25-15-20(18-7-5-4-6-8-18)16-26(33-25,12-9-21(23(25)31)29(2)3)22(30)17-28-24(32)19-10-13-27-14-11-19/h4-8,19-23,27,30-31H,9-17H2,1-3H3,(H,28,32)/t20-,21-,22+,23+,25+,26+/m1/s1. The fraction of sp³-hybridized carbons (Fsp3) is 0.731. The van der Waals surface area contributed by atoms with Crippen molar-refractivity contribution in [1.29, 1.82) is 0 Å².